The van der Waals surface area contributed by atoms with Crippen LogP contribution >= 0.6 is 0 Å². The minimum atomic E-state index is 0.0434. The zero-order chi connectivity index (χ0) is 13.0. The Labute approximate surface area is 111 Å². The van der Waals surface area contributed by atoms with Gasteiger partial charge in [-0.2, -0.15) is 0 Å². The highest BCUT2D eigenvalue weighted by Gasteiger charge is 2.37. The number of hydrogen-bond acceptors (Lipinski definition) is 4. The summed E-state index contributed by atoms with van der Waals surface area (Å²) >= 11 is 0. The zero-order valence-electron chi connectivity index (χ0n) is 11.7. The van der Waals surface area contributed by atoms with E-state index in [-0.39, 0.29) is 11.6 Å². The lowest BCUT2D eigenvalue weighted by Gasteiger charge is -2.46. The summed E-state index contributed by atoms with van der Waals surface area (Å²) < 4.78 is 5.45. The fourth-order valence-corrected chi connectivity index (χ4v) is 3.21. The van der Waals surface area contributed by atoms with Crippen LogP contribution in [0.4, 0.5) is 0 Å². The van der Waals surface area contributed by atoms with Crippen LogP contribution in [0.25, 0.3) is 0 Å². The first-order chi connectivity index (χ1) is 8.66. The number of morpholine rings is 1. The van der Waals surface area contributed by atoms with Crippen molar-refractivity contribution in [3.63, 3.8) is 0 Å². The minimum Gasteiger partial charge on any atom is -0.379 e. The summed E-state index contributed by atoms with van der Waals surface area (Å²) in [6.07, 6.45) is 7.38. The summed E-state index contributed by atoms with van der Waals surface area (Å²) in [5.74, 6) is 5.85. The maximum atomic E-state index is 5.85. The van der Waals surface area contributed by atoms with Crippen molar-refractivity contribution in [2.24, 2.45) is 5.84 Å². The van der Waals surface area contributed by atoms with Crippen LogP contribution in [0.1, 0.15) is 39.5 Å². The van der Waals surface area contributed by atoms with Crippen molar-refractivity contribution in [2.75, 3.05) is 26.3 Å². The van der Waals surface area contributed by atoms with Gasteiger partial charge in [-0.1, -0.05) is 11.6 Å². The standard InChI is InChI=1S/C14H27N3O/c1-14(2,17-8-10-18-11-9-17)13(16-15)12-6-4-3-5-7-12/h6,13,16H,3-5,7-11,15H2,1-2H3. The van der Waals surface area contributed by atoms with E-state index >= 15 is 0 Å². The Morgan fingerprint density at radius 1 is 1.33 bits per heavy atom. The smallest absolute Gasteiger partial charge is 0.0598 e. The maximum Gasteiger partial charge on any atom is 0.0598 e. The Kier molecular flexibility index (Phi) is 4.78. The fraction of sp³-hybridized carbons (Fsp3) is 0.857. The van der Waals surface area contributed by atoms with Crippen LogP contribution in [0.2, 0.25) is 0 Å². The van der Waals surface area contributed by atoms with Gasteiger partial charge in [0.15, 0.2) is 0 Å². The summed E-state index contributed by atoms with van der Waals surface area (Å²) in [4.78, 5) is 2.50. The predicted octanol–water partition coefficient (Wildman–Crippen LogP) is 1.43. The van der Waals surface area contributed by atoms with Crippen LogP contribution < -0.4 is 11.3 Å². The SMILES string of the molecule is CC(C)(C(NN)C1=CCCCC1)N1CCOCC1. The second-order valence-corrected chi connectivity index (χ2v) is 5.88. The van der Waals surface area contributed by atoms with E-state index in [1.165, 1.54) is 31.3 Å². The molecule has 0 aromatic heterocycles. The van der Waals surface area contributed by atoms with Crippen molar-refractivity contribution in [2.45, 2.75) is 51.1 Å². The molecule has 0 aromatic rings. The highest BCUT2D eigenvalue weighted by atomic mass is 16.5. The summed E-state index contributed by atoms with van der Waals surface area (Å²) in [5.41, 5.74) is 4.59. The van der Waals surface area contributed by atoms with Gasteiger partial charge in [0.2, 0.25) is 0 Å². The Morgan fingerprint density at radius 2 is 2.06 bits per heavy atom. The molecule has 3 N–H and O–H groups in total. The van der Waals surface area contributed by atoms with E-state index in [1.54, 1.807) is 0 Å². The number of rotatable bonds is 4. The molecule has 104 valence electrons. The molecule has 0 radical (unpaired) electrons. The van der Waals surface area contributed by atoms with Gasteiger partial charge in [0.25, 0.3) is 0 Å². The Balaban J connectivity index is 2.11. The van der Waals surface area contributed by atoms with Crippen LogP contribution in [-0.2, 0) is 4.74 Å². The molecule has 0 spiro atoms. The Morgan fingerprint density at radius 3 is 2.61 bits per heavy atom. The van der Waals surface area contributed by atoms with Crippen molar-refractivity contribution in [1.82, 2.24) is 10.3 Å². The predicted molar refractivity (Wildman–Crippen MR) is 74.1 cm³/mol. The number of allylic oxidation sites excluding steroid dienone is 1. The lowest BCUT2D eigenvalue weighted by molar-refractivity contribution is -0.0194. The number of ether oxygens (including phenoxy) is 1. The van der Waals surface area contributed by atoms with E-state index in [1.807, 2.05) is 0 Å². The third kappa shape index (κ3) is 2.94. The molecule has 0 amide bonds. The van der Waals surface area contributed by atoms with E-state index < -0.39 is 0 Å². The highest BCUT2D eigenvalue weighted by Crippen LogP contribution is 2.30. The molecule has 1 heterocycles. The fourth-order valence-electron chi connectivity index (χ4n) is 3.21. The van der Waals surface area contributed by atoms with Crippen LogP contribution in [0.3, 0.4) is 0 Å². The molecule has 1 unspecified atom stereocenters. The third-order valence-corrected chi connectivity index (χ3v) is 4.40. The number of hydrogen-bond donors (Lipinski definition) is 2. The topological polar surface area (TPSA) is 50.5 Å². The van der Waals surface area contributed by atoms with Crippen molar-refractivity contribution in [3.05, 3.63) is 11.6 Å². The van der Waals surface area contributed by atoms with Gasteiger partial charge in [-0.15, -0.1) is 0 Å². The molecule has 0 aromatic carbocycles. The molecule has 18 heavy (non-hydrogen) atoms. The van der Waals surface area contributed by atoms with Gasteiger partial charge in [-0.25, -0.2) is 0 Å². The number of hydrazine groups is 1. The minimum absolute atomic E-state index is 0.0434. The Bertz CT molecular complexity index is 295. The lowest BCUT2D eigenvalue weighted by atomic mass is 9.82. The Hall–Kier alpha value is -0.420. The van der Waals surface area contributed by atoms with Crippen molar-refractivity contribution < 1.29 is 4.74 Å². The highest BCUT2D eigenvalue weighted by molar-refractivity contribution is 5.19. The molecule has 2 rings (SSSR count). The molecule has 4 heteroatoms. The summed E-state index contributed by atoms with van der Waals surface area (Å²) in [6.45, 7) is 8.24. The van der Waals surface area contributed by atoms with Crippen LogP contribution in [0, 0.1) is 0 Å². The first-order valence-corrected chi connectivity index (χ1v) is 7.14. The van der Waals surface area contributed by atoms with E-state index in [4.69, 9.17) is 10.6 Å². The normalized spacial score (nSPS) is 24.7. The largest absolute Gasteiger partial charge is 0.379 e. The molecule has 0 bridgehead atoms. The van der Waals surface area contributed by atoms with Crippen molar-refractivity contribution >= 4 is 0 Å². The van der Waals surface area contributed by atoms with E-state index in [9.17, 15) is 0 Å². The van der Waals surface area contributed by atoms with Crippen LogP contribution in [0.15, 0.2) is 11.6 Å². The molecular formula is C14H27N3O. The van der Waals surface area contributed by atoms with Crippen molar-refractivity contribution in [3.8, 4) is 0 Å². The van der Waals surface area contributed by atoms with Gasteiger partial charge in [0, 0.05) is 18.6 Å². The second kappa shape index (κ2) is 6.15. The monoisotopic (exact) mass is 253 g/mol. The molecule has 2 aliphatic rings. The molecule has 1 aliphatic carbocycles. The summed E-state index contributed by atoms with van der Waals surface area (Å²) in [6, 6.07) is 0.246. The van der Waals surface area contributed by atoms with Gasteiger partial charge in [0.1, 0.15) is 0 Å². The van der Waals surface area contributed by atoms with Gasteiger partial charge in [-0.3, -0.25) is 16.2 Å². The molecule has 1 aliphatic heterocycles. The van der Waals surface area contributed by atoms with E-state index in [0.29, 0.717) is 0 Å². The number of nitrogens with two attached hydrogens (primary N) is 1. The van der Waals surface area contributed by atoms with E-state index in [0.717, 1.165) is 26.3 Å². The lowest BCUT2D eigenvalue weighted by Crippen LogP contribution is -2.62. The molecule has 4 nitrogen and oxygen atoms in total. The molecule has 0 saturated carbocycles. The van der Waals surface area contributed by atoms with E-state index in [2.05, 4.69) is 30.2 Å². The number of nitrogens with zero attached hydrogens (tertiary/aromatic N) is 1. The quantitative estimate of drug-likeness (QED) is 0.452. The van der Waals surface area contributed by atoms with Crippen molar-refractivity contribution in [1.29, 1.82) is 0 Å². The maximum absolute atomic E-state index is 5.85. The second-order valence-electron chi connectivity index (χ2n) is 5.88. The van der Waals surface area contributed by atoms with Gasteiger partial charge < -0.3 is 4.74 Å². The molecule has 1 atom stereocenters. The third-order valence-electron chi connectivity index (χ3n) is 4.40. The molecule has 1 saturated heterocycles. The van der Waals surface area contributed by atoms with Crippen LogP contribution in [-0.4, -0.2) is 42.8 Å². The van der Waals surface area contributed by atoms with Gasteiger partial charge >= 0.3 is 0 Å². The summed E-state index contributed by atoms with van der Waals surface area (Å²) in [5, 5.41) is 0. The average molecular weight is 253 g/mol. The van der Waals surface area contributed by atoms with Gasteiger partial charge in [-0.05, 0) is 39.5 Å². The zero-order valence-corrected chi connectivity index (χ0v) is 11.7. The first-order valence-electron chi connectivity index (χ1n) is 7.14. The average Bonchev–Trinajstić information content (AvgIpc) is 2.41. The first kappa shape index (κ1) is 14.0. The van der Waals surface area contributed by atoms with Gasteiger partial charge in [0.05, 0.1) is 19.3 Å². The summed E-state index contributed by atoms with van der Waals surface area (Å²) in [7, 11) is 0. The molecular weight excluding hydrogens is 226 g/mol. The number of nitrogens with one attached hydrogen (secondary N) is 1. The molecule has 1 fully saturated rings. The van der Waals surface area contributed by atoms with Crippen LogP contribution in [0.5, 0.6) is 0 Å².